The number of piperidine rings is 2. The largest absolute Gasteiger partial charge is 0.494 e. The molecule has 4 aromatic carbocycles. The molecule has 0 unspecified atom stereocenters. The molecular weight excluding hydrogens is 784 g/mol. The zero-order valence-electron chi connectivity index (χ0n) is 35.2. The molecule has 2 aliphatic rings. The second-order valence-electron chi connectivity index (χ2n) is 15.2. The standard InChI is InChI=1S/C25H29N3O2.C18H22ClN3O.C7H8O/c1-3-8-21(9-4-1)20-30-25-15-14-24(26-27-25)22-10-12-23(13-11-22)29-19-7-18-28-16-5-2-6-17-28;19-18-10-9-17(20-21-18)15-5-7-16(8-6-15)23-14-4-13-22-11-2-1-3-12-22;8-6-7-4-2-1-3-5-7/h1,3-4,8-15H,2,5-7,16-20H2;5-10H,1-4,11-14H2;1-5,8H,6H2. The lowest BCUT2D eigenvalue weighted by Gasteiger charge is -2.26. The number of ether oxygens (including phenoxy) is 3. The predicted molar refractivity (Wildman–Crippen MR) is 244 cm³/mol. The summed E-state index contributed by atoms with van der Waals surface area (Å²) in [5.74, 6) is 2.32. The van der Waals surface area contributed by atoms with Gasteiger partial charge in [-0.2, -0.15) is 0 Å². The Morgan fingerprint density at radius 3 is 1.38 bits per heavy atom. The third-order valence-electron chi connectivity index (χ3n) is 10.5. The van der Waals surface area contributed by atoms with E-state index in [9.17, 15) is 0 Å². The van der Waals surface area contributed by atoms with Crippen molar-refractivity contribution in [1.82, 2.24) is 30.2 Å². The van der Waals surface area contributed by atoms with E-state index in [4.69, 9.17) is 30.9 Å². The number of halogens is 1. The van der Waals surface area contributed by atoms with Gasteiger partial charge in [0.25, 0.3) is 0 Å². The van der Waals surface area contributed by atoms with Crippen molar-refractivity contribution in [1.29, 1.82) is 0 Å². The molecule has 0 saturated carbocycles. The fourth-order valence-electron chi connectivity index (χ4n) is 7.10. The number of hydrogen-bond donors (Lipinski definition) is 1. The number of nitrogens with zero attached hydrogens (tertiary/aromatic N) is 6. The van der Waals surface area contributed by atoms with Crippen LogP contribution in [0.15, 0.2) is 133 Å². The third kappa shape index (κ3) is 16.5. The van der Waals surface area contributed by atoms with E-state index in [1.807, 2.05) is 127 Å². The van der Waals surface area contributed by atoms with Crippen molar-refractivity contribution in [3.8, 4) is 39.9 Å². The number of aliphatic hydroxyl groups is 1. The van der Waals surface area contributed by atoms with Crippen LogP contribution in [0.3, 0.4) is 0 Å². The van der Waals surface area contributed by atoms with Crippen molar-refractivity contribution in [2.45, 2.75) is 64.6 Å². The number of aliphatic hydroxyl groups excluding tert-OH is 1. The van der Waals surface area contributed by atoms with Gasteiger partial charge in [-0.05, 0) is 143 Å². The minimum Gasteiger partial charge on any atom is -0.494 e. The van der Waals surface area contributed by atoms with Crippen molar-refractivity contribution in [3.63, 3.8) is 0 Å². The maximum absolute atomic E-state index is 8.54. The van der Waals surface area contributed by atoms with Gasteiger partial charge >= 0.3 is 0 Å². The Morgan fingerprint density at radius 2 is 0.951 bits per heavy atom. The molecule has 1 N–H and O–H groups in total. The van der Waals surface area contributed by atoms with Crippen LogP contribution >= 0.6 is 11.6 Å². The van der Waals surface area contributed by atoms with Gasteiger partial charge in [-0.3, -0.25) is 0 Å². The lowest BCUT2D eigenvalue weighted by atomic mass is 10.1. The van der Waals surface area contributed by atoms with Gasteiger partial charge in [0.1, 0.15) is 18.1 Å². The molecule has 4 heterocycles. The maximum Gasteiger partial charge on any atom is 0.233 e. The highest BCUT2D eigenvalue weighted by Gasteiger charge is 2.11. The zero-order chi connectivity index (χ0) is 42.2. The molecule has 2 fully saturated rings. The van der Waals surface area contributed by atoms with E-state index < -0.39 is 0 Å². The molecular formula is C50H59ClN6O4. The average Bonchev–Trinajstić information content (AvgIpc) is 3.34. The summed E-state index contributed by atoms with van der Waals surface area (Å²) in [4.78, 5) is 5.08. The number of benzene rings is 4. The van der Waals surface area contributed by atoms with Crippen molar-refractivity contribution >= 4 is 11.6 Å². The van der Waals surface area contributed by atoms with Crippen molar-refractivity contribution in [2.24, 2.45) is 0 Å². The average molecular weight is 844 g/mol. The molecule has 6 aromatic rings. The van der Waals surface area contributed by atoms with Crippen LogP contribution in [-0.2, 0) is 13.2 Å². The van der Waals surface area contributed by atoms with Gasteiger partial charge < -0.3 is 29.1 Å². The molecule has 2 aromatic heterocycles. The molecule has 2 saturated heterocycles. The molecule has 2 aliphatic heterocycles. The van der Waals surface area contributed by atoms with E-state index in [0.29, 0.717) is 17.6 Å². The van der Waals surface area contributed by atoms with E-state index in [2.05, 4.69) is 30.2 Å². The van der Waals surface area contributed by atoms with Crippen LogP contribution < -0.4 is 14.2 Å². The predicted octanol–water partition coefficient (Wildman–Crippen LogP) is 10.2. The molecule has 0 atom stereocenters. The quantitative estimate of drug-likeness (QED) is 0.0947. The number of aromatic nitrogens is 4. The summed E-state index contributed by atoms with van der Waals surface area (Å²) >= 11 is 5.75. The van der Waals surface area contributed by atoms with Crippen LogP contribution in [0.5, 0.6) is 17.4 Å². The van der Waals surface area contributed by atoms with Crippen molar-refractivity contribution < 1.29 is 19.3 Å². The Labute approximate surface area is 366 Å². The Bertz CT molecular complexity index is 2050. The zero-order valence-corrected chi connectivity index (χ0v) is 35.9. The van der Waals surface area contributed by atoms with Crippen molar-refractivity contribution in [2.75, 3.05) is 52.5 Å². The van der Waals surface area contributed by atoms with E-state index in [1.54, 1.807) is 6.07 Å². The van der Waals surface area contributed by atoms with Gasteiger partial charge in [0.2, 0.25) is 5.88 Å². The monoisotopic (exact) mass is 842 g/mol. The highest BCUT2D eigenvalue weighted by atomic mass is 35.5. The molecule has 0 spiro atoms. The first-order valence-corrected chi connectivity index (χ1v) is 22.0. The first-order chi connectivity index (χ1) is 30.1. The van der Waals surface area contributed by atoms with Gasteiger partial charge in [-0.25, -0.2) is 0 Å². The Kier molecular flexibility index (Phi) is 19.3. The third-order valence-corrected chi connectivity index (χ3v) is 10.7. The fourth-order valence-corrected chi connectivity index (χ4v) is 7.20. The van der Waals surface area contributed by atoms with E-state index in [1.165, 1.54) is 64.7 Å². The SMILES string of the molecule is Clc1ccc(-c2ccc(OCCCN3CCCCC3)cc2)nn1.OCc1ccccc1.c1ccc(COc2ccc(-c3ccc(OCCCN4CCCCC4)cc3)nn2)cc1. The summed E-state index contributed by atoms with van der Waals surface area (Å²) in [5, 5.41) is 25.4. The van der Waals surface area contributed by atoms with Crippen LogP contribution in [0.25, 0.3) is 22.5 Å². The summed E-state index contributed by atoms with van der Waals surface area (Å²) in [6.07, 6.45) is 10.3. The van der Waals surface area contributed by atoms with Crippen LogP contribution in [0, 0.1) is 0 Å². The van der Waals surface area contributed by atoms with Crippen LogP contribution in [-0.4, -0.2) is 87.8 Å². The minimum atomic E-state index is 0.140. The van der Waals surface area contributed by atoms with Gasteiger partial charge in [-0.15, -0.1) is 20.4 Å². The summed E-state index contributed by atoms with van der Waals surface area (Å²) in [7, 11) is 0. The molecule has 0 aliphatic carbocycles. The van der Waals surface area contributed by atoms with E-state index in [0.717, 1.165) is 84.3 Å². The normalized spacial score (nSPS) is 14.1. The highest BCUT2D eigenvalue weighted by molar-refractivity contribution is 6.29. The molecule has 0 bridgehead atoms. The molecule has 11 heteroatoms. The van der Waals surface area contributed by atoms with E-state index in [-0.39, 0.29) is 6.61 Å². The summed E-state index contributed by atoms with van der Waals surface area (Å²) in [6, 6.07) is 43.0. The molecule has 0 amide bonds. The smallest absolute Gasteiger partial charge is 0.233 e. The lowest BCUT2D eigenvalue weighted by Crippen LogP contribution is -2.31. The maximum atomic E-state index is 8.54. The fraction of sp³-hybridized carbons (Fsp3) is 0.360. The van der Waals surface area contributed by atoms with Crippen LogP contribution in [0.2, 0.25) is 5.15 Å². The highest BCUT2D eigenvalue weighted by Crippen LogP contribution is 2.23. The lowest BCUT2D eigenvalue weighted by molar-refractivity contribution is 0.205. The number of likely N-dealkylation sites (tertiary alicyclic amines) is 2. The molecule has 10 nitrogen and oxygen atoms in total. The molecule has 320 valence electrons. The Balaban J connectivity index is 0.000000177. The second-order valence-corrected chi connectivity index (χ2v) is 15.6. The van der Waals surface area contributed by atoms with Crippen LogP contribution in [0.4, 0.5) is 0 Å². The number of hydrogen-bond acceptors (Lipinski definition) is 10. The Morgan fingerprint density at radius 1 is 0.475 bits per heavy atom. The first kappa shape index (κ1) is 45.1. The van der Waals surface area contributed by atoms with Gasteiger partial charge in [0.15, 0.2) is 5.15 Å². The van der Waals surface area contributed by atoms with Crippen LogP contribution in [0.1, 0.15) is 62.5 Å². The number of rotatable bonds is 16. The molecule has 61 heavy (non-hydrogen) atoms. The summed E-state index contributed by atoms with van der Waals surface area (Å²) in [5.41, 5.74) is 5.72. The van der Waals surface area contributed by atoms with Gasteiger partial charge in [-0.1, -0.05) is 85.1 Å². The second kappa shape index (κ2) is 26.1. The molecule has 0 radical (unpaired) electrons. The first-order valence-electron chi connectivity index (χ1n) is 21.7. The topological polar surface area (TPSA) is 106 Å². The van der Waals surface area contributed by atoms with E-state index >= 15 is 0 Å². The van der Waals surface area contributed by atoms with Gasteiger partial charge in [0, 0.05) is 30.3 Å². The minimum absolute atomic E-state index is 0.140. The van der Waals surface area contributed by atoms with Crippen molar-refractivity contribution in [3.05, 3.63) is 150 Å². The summed E-state index contributed by atoms with van der Waals surface area (Å²) in [6.45, 7) is 9.38. The summed E-state index contributed by atoms with van der Waals surface area (Å²) < 4.78 is 17.4. The Hall–Kier alpha value is -5.39. The van der Waals surface area contributed by atoms with Gasteiger partial charge in [0.05, 0.1) is 31.2 Å². The molecule has 8 rings (SSSR count).